The summed E-state index contributed by atoms with van der Waals surface area (Å²) < 4.78 is 11.4. The Hall–Kier alpha value is -1.06. The molecule has 0 amide bonds. The Bertz CT molecular complexity index is 445. The van der Waals surface area contributed by atoms with Crippen molar-refractivity contribution in [2.75, 3.05) is 20.3 Å². The van der Waals surface area contributed by atoms with Crippen molar-refractivity contribution in [2.45, 2.75) is 57.6 Å². The second-order valence-corrected chi connectivity index (χ2v) is 6.53. The molecule has 1 aliphatic rings. The quantitative estimate of drug-likeness (QED) is 0.830. The van der Waals surface area contributed by atoms with Crippen molar-refractivity contribution in [3.05, 3.63) is 29.8 Å². The predicted molar refractivity (Wildman–Crippen MR) is 87.1 cm³/mol. The highest BCUT2D eigenvalue weighted by Crippen LogP contribution is 2.37. The zero-order chi connectivity index (χ0) is 15.3. The zero-order valence-electron chi connectivity index (χ0n) is 13.8. The van der Waals surface area contributed by atoms with E-state index in [0.29, 0.717) is 12.0 Å². The molecule has 1 aliphatic heterocycles. The van der Waals surface area contributed by atoms with E-state index < -0.39 is 0 Å². The fourth-order valence-corrected chi connectivity index (χ4v) is 3.21. The van der Waals surface area contributed by atoms with Crippen LogP contribution in [0.1, 0.15) is 51.5 Å². The lowest BCUT2D eigenvalue weighted by Crippen LogP contribution is -2.39. The molecule has 21 heavy (non-hydrogen) atoms. The Labute approximate surface area is 129 Å². The lowest BCUT2D eigenvalue weighted by Gasteiger charge is -2.33. The van der Waals surface area contributed by atoms with E-state index in [-0.39, 0.29) is 5.60 Å². The molecule has 0 radical (unpaired) electrons. The van der Waals surface area contributed by atoms with E-state index in [2.05, 4.69) is 50.4 Å². The molecule has 1 N–H and O–H groups in total. The minimum Gasteiger partial charge on any atom is -0.493 e. The fourth-order valence-electron chi connectivity index (χ4n) is 3.21. The van der Waals surface area contributed by atoms with Gasteiger partial charge in [-0.05, 0) is 57.2 Å². The van der Waals surface area contributed by atoms with Crippen LogP contribution in [0.2, 0.25) is 0 Å². The van der Waals surface area contributed by atoms with Crippen molar-refractivity contribution in [1.82, 2.24) is 5.32 Å². The summed E-state index contributed by atoms with van der Waals surface area (Å²) in [4.78, 5) is 0. The number of nitrogens with one attached hydrogen (secondary N) is 1. The van der Waals surface area contributed by atoms with Gasteiger partial charge in [0.25, 0.3) is 0 Å². The molecule has 0 saturated carbocycles. The van der Waals surface area contributed by atoms with Gasteiger partial charge in [0.15, 0.2) is 0 Å². The van der Waals surface area contributed by atoms with Gasteiger partial charge in [-0.15, -0.1) is 0 Å². The standard InChI is InChI=1S/C18H29NO2/c1-5-19-15(13-18(2,3)20-4)12-14-10-11-21-17-9-7-6-8-16(14)17/h6-9,14-15,19H,5,10-13H2,1-4H3. The van der Waals surface area contributed by atoms with Gasteiger partial charge < -0.3 is 14.8 Å². The molecule has 0 bridgehead atoms. The molecule has 2 unspecified atom stereocenters. The lowest BCUT2D eigenvalue weighted by atomic mass is 9.84. The SMILES string of the molecule is CCNC(CC1CCOc2ccccc21)CC(C)(C)OC. The van der Waals surface area contributed by atoms with E-state index in [4.69, 9.17) is 9.47 Å². The summed E-state index contributed by atoms with van der Waals surface area (Å²) in [6.07, 6.45) is 3.27. The molecule has 2 atom stereocenters. The van der Waals surface area contributed by atoms with Gasteiger partial charge in [0.05, 0.1) is 12.2 Å². The number of para-hydroxylation sites is 1. The summed E-state index contributed by atoms with van der Waals surface area (Å²) in [7, 11) is 1.80. The zero-order valence-corrected chi connectivity index (χ0v) is 13.8. The molecule has 1 aromatic carbocycles. The molecule has 0 aromatic heterocycles. The highest BCUT2D eigenvalue weighted by atomic mass is 16.5. The first kappa shape index (κ1) is 16.3. The number of methoxy groups -OCH3 is 1. The molecular formula is C18H29NO2. The van der Waals surface area contributed by atoms with Gasteiger partial charge >= 0.3 is 0 Å². The van der Waals surface area contributed by atoms with Gasteiger partial charge in [-0.2, -0.15) is 0 Å². The molecule has 3 heteroatoms. The van der Waals surface area contributed by atoms with Crippen LogP contribution >= 0.6 is 0 Å². The van der Waals surface area contributed by atoms with Crippen LogP contribution in [-0.4, -0.2) is 31.9 Å². The smallest absolute Gasteiger partial charge is 0.122 e. The predicted octanol–water partition coefficient (Wildman–Crippen LogP) is 3.74. The third-order valence-electron chi connectivity index (χ3n) is 4.44. The van der Waals surface area contributed by atoms with Crippen LogP contribution in [0.15, 0.2) is 24.3 Å². The van der Waals surface area contributed by atoms with Gasteiger partial charge in [-0.1, -0.05) is 25.1 Å². The van der Waals surface area contributed by atoms with E-state index in [1.165, 1.54) is 5.56 Å². The van der Waals surface area contributed by atoms with Crippen LogP contribution in [0.5, 0.6) is 5.75 Å². The van der Waals surface area contributed by atoms with Crippen LogP contribution in [0.3, 0.4) is 0 Å². The Balaban J connectivity index is 2.07. The Morgan fingerprint density at radius 2 is 2.14 bits per heavy atom. The van der Waals surface area contributed by atoms with Gasteiger partial charge in [0.2, 0.25) is 0 Å². The van der Waals surface area contributed by atoms with Gasteiger partial charge in [-0.3, -0.25) is 0 Å². The number of rotatable bonds is 7. The van der Waals surface area contributed by atoms with Gasteiger partial charge in [-0.25, -0.2) is 0 Å². The van der Waals surface area contributed by atoms with Crippen LogP contribution in [0.25, 0.3) is 0 Å². The van der Waals surface area contributed by atoms with E-state index in [0.717, 1.165) is 38.2 Å². The highest BCUT2D eigenvalue weighted by molar-refractivity contribution is 5.37. The third kappa shape index (κ3) is 4.45. The molecule has 0 fully saturated rings. The third-order valence-corrected chi connectivity index (χ3v) is 4.44. The van der Waals surface area contributed by atoms with Crippen molar-refractivity contribution < 1.29 is 9.47 Å². The summed E-state index contributed by atoms with van der Waals surface area (Å²) in [6.45, 7) is 8.32. The normalized spacial score (nSPS) is 19.7. The molecule has 118 valence electrons. The number of benzene rings is 1. The fraction of sp³-hybridized carbons (Fsp3) is 0.667. The van der Waals surface area contributed by atoms with Crippen LogP contribution < -0.4 is 10.1 Å². The first-order valence-electron chi connectivity index (χ1n) is 8.06. The summed E-state index contributed by atoms with van der Waals surface area (Å²) in [5.41, 5.74) is 1.28. The average molecular weight is 291 g/mol. The maximum atomic E-state index is 5.77. The highest BCUT2D eigenvalue weighted by Gasteiger charge is 2.28. The Kier molecular flexibility index (Phi) is 5.65. The molecule has 0 aliphatic carbocycles. The van der Waals surface area contributed by atoms with E-state index in [1.54, 1.807) is 7.11 Å². The van der Waals surface area contributed by atoms with Crippen molar-refractivity contribution in [3.8, 4) is 5.75 Å². The van der Waals surface area contributed by atoms with Gasteiger partial charge in [0.1, 0.15) is 5.75 Å². The first-order valence-corrected chi connectivity index (χ1v) is 8.06. The largest absolute Gasteiger partial charge is 0.493 e. The van der Waals surface area contributed by atoms with Crippen molar-refractivity contribution in [3.63, 3.8) is 0 Å². The first-order chi connectivity index (χ1) is 10.1. The molecule has 0 saturated heterocycles. The molecule has 1 heterocycles. The molecule has 0 spiro atoms. The van der Waals surface area contributed by atoms with E-state index in [1.807, 2.05) is 0 Å². The molecule has 2 rings (SSSR count). The topological polar surface area (TPSA) is 30.5 Å². The van der Waals surface area contributed by atoms with Crippen molar-refractivity contribution >= 4 is 0 Å². The molecule has 3 nitrogen and oxygen atoms in total. The van der Waals surface area contributed by atoms with E-state index in [9.17, 15) is 0 Å². The number of fused-ring (bicyclic) bond motifs is 1. The van der Waals surface area contributed by atoms with Gasteiger partial charge in [0, 0.05) is 13.2 Å². The minimum absolute atomic E-state index is 0.0858. The summed E-state index contributed by atoms with van der Waals surface area (Å²) >= 11 is 0. The minimum atomic E-state index is -0.0858. The maximum Gasteiger partial charge on any atom is 0.122 e. The number of hydrogen-bond donors (Lipinski definition) is 1. The van der Waals surface area contributed by atoms with E-state index >= 15 is 0 Å². The summed E-state index contributed by atoms with van der Waals surface area (Å²) in [5, 5.41) is 3.63. The summed E-state index contributed by atoms with van der Waals surface area (Å²) in [5.74, 6) is 1.64. The van der Waals surface area contributed by atoms with Crippen molar-refractivity contribution in [1.29, 1.82) is 0 Å². The lowest BCUT2D eigenvalue weighted by molar-refractivity contribution is 0.00565. The second kappa shape index (κ2) is 7.28. The molecular weight excluding hydrogens is 262 g/mol. The van der Waals surface area contributed by atoms with Crippen molar-refractivity contribution in [2.24, 2.45) is 0 Å². The maximum absolute atomic E-state index is 5.77. The molecule has 1 aromatic rings. The Morgan fingerprint density at radius 1 is 1.38 bits per heavy atom. The number of ether oxygens (including phenoxy) is 2. The average Bonchev–Trinajstić information content (AvgIpc) is 2.47. The second-order valence-electron chi connectivity index (χ2n) is 6.53. The number of hydrogen-bond acceptors (Lipinski definition) is 3. The monoisotopic (exact) mass is 291 g/mol. The van der Waals surface area contributed by atoms with Crippen LogP contribution in [-0.2, 0) is 4.74 Å². The Morgan fingerprint density at radius 3 is 2.86 bits per heavy atom. The summed E-state index contributed by atoms with van der Waals surface area (Å²) in [6, 6.07) is 8.94. The van der Waals surface area contributed by atoms with Crippen LogP contribution in [0.4, 0.5) is 0 Å². The van der Waals surface area contributed by atoms with Crippen LogP contribution in [0, 0.1) is 0 Å².